The molecule has 0 saturated carbocycles. The number of hydrogen-bond donors (Lipinski definition) is 3. The minimum atomic E-state index is -3.90. The van der Waals surface area contributed by atoms with Gasteiger partial charge in [-0.05, 0) is 19.8 Å². The second-order valence-electron chi connectivity index (χ2n) is 4.83. The fraction of sp³-hybridized carbons (Fsp3) is 0.583. The van der Waals surface area contributed by atoms with Crippen molar-refractivity contribution in [2.75, 3.05) is 6.54 Å². The molecule has 21 heavy (non-hydrogen) atoms. The largest absolute Gasteiger partial charge is 0.455 e. The van der Waals surface area contributed by atoms with Crippen LogP contribution in [0.1, 0.15) is 43.0 Å². The minimum absolute atomic E-state index is 0. The summed E-state index contributed by atoms with van der Waals surface area (Å²) in [6.45, 7) is 5.59. The van der Waals surface area contributed by atoms with Crippen LogP contribution >= 0.6 is 12.4 Å². The summed E-state index contributed by atoms with van der Waals surface area (Å²) in [4.78, 5) is 11.7. The number of aryl methyl sites for hydroxylation is 1. The molecule has 0 aliphatic rings. The number of carbonyl (C=O) groups is 1. The second kappa shape index (κ2) is 7.26. The third-order valence-corrected chi connectivity index (χ3v) is 4.43. The number of sulfonamides is 1. The second-order valence-corrected chi connectivity index (χ2v) is 6.36. The molecule has 0 atom stereocenters. The number of nitrogens with two attached hydrogens (primary N) is 2. The molecule has 0 saturated heterocycles. The lowest BCUT2D eigenvalue weighted by Gasteiger charge is -2.26. The molecule has 1 rings (SSSR count). The van der Waals surface area contributed by atoms with E-state index in [1.165, 1.54) is 6.92 Å². The van der Waals surface area contributed by atoms with E-state index >= 15 is 0 Å². The molecule has 0 aliphatic heterocycles. The first kappa shape index (κ1) is 19.9. The van der Waals surface area contributed by atoms with Crippen LogP contribution in [0.15, 0.2) is 15.4 Å². The molecule has 0 aliphatic carbocycles. The molecule has 9 heteroatoms. The highest BCUT2D eigenvalue weighted by Crippen LogP contribution is 2.18. The summed E-state index contributed by atoms with van der Waals surface area (Å²) >= 11 is 0. The summed E-state index contributed by atoms with van der Waals surface area (Å²) in [6, 6.07) is 1.12. The Bertz CT molecular complexity index is 594. The number of amides is 1. The number of carbonyl (C=O) groups excluding carboxylic acids is 1. The van der Waals surface area contributed by atoms with Crippen LogP contribution in [0.2, 0.25) is 0 Å². The van der Waals surface area contributed by atoms with Crippen molar-refractivity contribution < 1.29 is 17.6 Å². The first-order valence-corrected chi connectivity index (χ1v) is 7.88. The third kappa shape index (κ3) is 4.99. The van der Waals surface area contributed by atoms with E-state index in [1.807, 2.05) is 13.8 Å². The zero-order valence-corrected chi connectivity index (χ0v) is 13.9. The molecule has 0 bridgehead atoms. The Balaban J connectivity index is 0.00000400. The predicted molar refractivity (Wildman–Crippen MR) is 81.9 cm³/mol. The van der Waals surface area contributed by atoms with E-state index in [9.17, 15) is 13.2 Å². The van der Waals surface area contributed by atoms with Gasteiger partial charge in [0.1, 0.15) is 10.7 Å². The zero-order chi connectivity index (χ0) is 15.6. The zero-order valence-electron chi connectivity index (χ0n) is 12.3. The normalized spacial score (nSPS) is 11.9. The minimum Gasteiger partial charge on any atom is -0.455 e. The Morgan fingerprint density at radius 1 is 1.38 bits per heavy atom. The molecule has 1 aromatic heterocycles. The molecule has 7 nitrogen and oxygen atoms in total. The number of nitrogens with one attached hydrogen (secondary N) is 1. The van der Waals surface area contributed by atoms with Gasteiger partial charge >= 0.3 is 0 Å². The molecule has 0 aromatic carbocycles. The van der Waals surface area contributed by atoms with Gasteiger partial charge in [-0.15, -0.1) is 12.4 Å². The molecule has 1 aromatic rings. The molecule has 1 amide bonds. The van der Waals surface area contributed by atoms with Crippen LogP contribution in [-0.4, -0.2) is 26.4 Å². The number of hydrogen-bond acceptors (Lipinski definition) is 5. The van der Waals surface area contributed by atoms with Gasteiger partial charge in [0.2, 0.25) is 10.0 Å². The van der Waals surface area contributed by atoms with E-state index in [4.69, 9.17) is 15.3 Å². The summed E-state index contributed by atoms with van der Waals surface area (Å²) in [6.07, 6.45) is 1.42. The van der Waals surface area contributed by atoms with Crippen LogP contribution in [0.5, 0.6) is 0 Å². The van der Waals surface area contributed by atoms with Crippen LogP contribution in [0, 0.1) is 6.92 Å². The van der Waals surface area contributed by atoms with E-state index in [0.717, 1.165) is 6.07 Å². The van der Waals surface area contributed by atoms with Crippen molar-refractivity contribution in [3.8, 4) is 0 Å². The average Bonchev–Trinajstić information content (AvgIpc) is 2.77. The highest BCUT2D eigenvalue weighted by Gasteiger charge is 2.24. The number of primary sulfonamides is 1. The van der Waals surface area contributed by atoms with E-state index in [0.29, 0.717) is 12.8 Å². The quantitative estimate of drug-likeness (QED) is 0.709. The summed E-state index contributed by atoms with van der Waals surface area (Å²) in [5, 5.41) is 7.66. The van der Waals surface area contributed by atoms with Crippen molar-refractivity contribution in [1.82, 2.24) is 5.32 Å². The lowest BCUT2D eigenvalue weighted by molar-refractivity contribution is 0.0913. The molecule has 0 radical (unpaired) electrons. The molecule has 1 heterocycles. The molecule has 0 fully saturated rings. The standard InChI is InChI=1S/C12H21N3O4S.ClH/c1-4-12(13,5-2)7-15-11(16)9-6-10(8(3)19-9)20(14,17)18;/h6H,4-5,7,13H2,1-3H3,(H,15,16)(H2,14,17,18);1H. The van der Waals surface area contributed by atoms with Crippen molar-refractivity contribution in [3.63, 3.8) is 0 Å². The van der Waals surface area contributed by atoms with E-state index in [-0.39, 0.29) is 35.4 Å². The smallest absolute Gasteiger partial charge is 0.287 e. The Hall–Kier alpha value is -1.09. The maximum absolute atomic E-state index is 11.9. The number of rotatable bonds is 6. The van der Waals surface area contributed by atoms with Gasteiger partial charge in [0.05, 0.1) is 0 Å². The maximum atomic E-state index is 11.9. The van der Waals surface area contributed by atoms with Crippen molar-refractivity contribution >= 4 is 28.3 Å². The summed E-state index contributed by atoms with van der Waals surface area (Å²) in [5.41, 5.74) is 5.58. The average molecular weight is 340 g/mol. The van der Waals surface area contributed by atoms with Crippen molar-refractivity contribution in [2.24, 2.45) is 10.9 Å². The Labute approximate surface area is 130 Å². The SMILES string of the molecule is CCC(N)(CC)CNC(=O)c1cc(S(N)(=O)=O)c(C)o1.Cl. The number of halogens is 1. The van der Waals surface area contributed by atoms with Crippen molar-refractivity contribution in [2.45, 2.75) is 44.0 Å². The monoisotopic (exact) mass is 339 g/mol. The fourth-order valence-corrected chi connectivity index (χ4v) is 2.42. The molecule has 5 N–H and O–H groups in total. The lowest BCUT2D eigenvalue weighted by Crippen LogP contribution is -2.49. The van der Waals surface area contributed by atoms with E-state index in [1.54, 1.807) is 0 Å². The van der Waals surface area contributed by atoms with Crippen LogP contribution in [0.3, 0.4) is 0 Å². The third-order valence-electron chi connectivity index (χ3n) is 3.41. The van der Waals surface area contributed by atoms with Gasteiger partial charge in [-0.1, -0.05) is 13.8 Å². The lowest BCUT2D eigenvalue weighted by atomic mass is 9.94. The van der Waals surface area contributed by atoms with Crippen LogP contribution < -0.4 is 16.2 Å². The Kier molecular flexibility index (Phi) is 6.88. The highest BCUT2D eigenvalue weighted by atomic mass is 35.5. The van der Waals surface area contributed by atoms with Crippen molar-refractivity contribution in [3.05, 3.63) is 17.6 Å². The highest BCUT2D eigenvalue weighted by molar-refractivity contribution is 7.89. The molecule has 0 spiro atoms. The van der Waals surface area contributed by atoms with Gasteiger partial charge in [-0.2, -0.15) is 0 Å². The fourth-order valence-electron chi connectivity index (χ4n) is 1.70. The Morgan fingerprint density at radius 3 is 2.29 bits per heavy atom. The van der Waals surface area contributed by atoms with E-state index in [2.05, 4.69) is 5.32 Å². The Morgan fingerprint density at radius 2 is 1.90 bits per heavy atom. The van der Waals surface area contributed by atoms with Crippen LogP contribution in [-0.2, 0) is 10.0 Å². The summed E-state index contributed by atoms with van der Waals surface area (Å²) in [7, 11) is -3.90. The van der Waals surface area contributed by atoms with Crippen molar-refractivity contribution in [1.29, 1.82) is 0 Å². The van der Waals surface area contributed by atoms with Gasteiger partial charge in [0.25, 0.3) is 5.91 Å². The number of furan rings is 1. The van der Waals surface area contributed by atoms with E-state index < -0.39 is 21.5 Å². The van der Waals surface area contributed by atoms with Gasteiger partial charge in [-0.3, -0.25) is 4.79 Å². The first-order valence-electron chi connectivity index (χ1n) is 6.33. The molecule has 0 unspecified atom stereocenters. The molecular formula is C12H22ClN3O4S. The molecular weight excluding hydrogens is 318 g/mol. The molecule has 122 valence electrons. The van der Waals surface area contributed by atoms with Gasteiger partial charge in [0, 0.05) is 18.2 Å². The predicted octanol–water partition coefficient (Wildman–Crippen LogP) is 0.905. The summed E-state index contributed by atoms with van der Waals surface area (Å²) in [5.74, 6) is -0.525. The van der Waals surface area contributed by atoms with Gasteiger partial charge in [0.15, 0.2) is 5.76 Å². The van der Waals surface area contributed by atoms with Crippen LogP contribution in [0.4, 0.5) is 0 Å². The maximum Gasteiger partial charge on any atom is 0.287 e. The topological polar surface area (TPSA) is 128 Å². The van der Waals surface area contributed by atoms with Gasteiger partial charge in [-0.25, -0.2) is 13.6 Å². The van der Waals surface area contributed by atoms with Crippen LogP contribution in [0.25, 0.3) is 0 Å². The first-order chi connectivity index (χ1) is 9.13. The summed E-state index contributed by atoms with van der Waals surface area (Å²) < 4.78 is 27.7. The van der Waals surface area contributed by atoms with Gasteiger partial charge < -0.3 is 15.5 Å².